The third-order valence-corrected chi connectivity index (χ3v) is 2.22. The van der Waals surface area contributed by atoms with Crippen LogP contribution in [0.5, 0.6) is 0 Å². The van der Waals surface area contributed by atoms with Crippen LogP contribution in [0, 0.1) is 0 Å². The van der Waals surface area contributed by atoms with E-state index in [0.717, 1.165) is 0 Å². The Bertz CT molecular complexity index is 305. The molecule has 3 N–H and O–H groups in total. The second kappa shape index (κ2) is 6.92. The van der Waals surface area contributed by atoms with E-state index in [2.05, 4.69) is 15.4 Å². The van der Waals surface area contributed by atoms with Crippen molar-refractivity contribution in [3.05, 3.63) is 36.7 Å². The second-order valence-corrected chi connectivity index (χ2v) is 3.58. The number of aromatic amines is 1. The Morgan fingerprint density at radius 1 is 1.25 bits per heavy atom. The van der Waals surface area contributed by atoms with E-state index in [1.807, 2.05) is 18.2 Å². The molecular formula is C11H17N3O2. The van der Waals surface area contributed by atoms with Gasteiger partial charge in [0, 0.05) is 6.61 Å². The first-order chi connectivity index (χ1) is 7.77. The summed E-state index contributed by atoms with van der Waals surface area (Å²) in [7, 11) is 0. The third kappa shape index (κ3) is 4.86. The number of nitrogens with zero attached hydrogens (tertiary/aromatic N) is 2. The smallest absolute Gasteiger partial charge is 0.0865 e. The summed E-state index contributed by atoms with van der Waals surface area (Å²) >= 11 is 0. The summed E-state index contributed by atoms with van der Waals surface area (Å²) in [4.78, 5) is 0. The molecule has 0 amide bonds. The molecule has 0 saturated heterocycles. The lowest BCUT2D eigenvalue weighted by Crippen LogP contribution is -2.26. The number of aliphatic hydroxyl groups is 2. The molecule has 1 aromatic heterocycles. The zero-order valence-electron chi connectivity index (χ0n) is 9.08. The molecule has 5 nitrogen and oxygen atoms in total. The van der Waals surface area contributed by atoms with E-state index in [0.29, 0.717) is 19.3 Å². The molecule has 1 aliphatic carbocycles. The lowest BCUT2D eigenvalue weighted by molar-refractivity contribution is 0.0747. The van der Waals surface area contributed by atoms with Gasteiger partial charge in [-0.05, 0) is 19.3 Å². The van der Waals surface area contributed by atoms with Crippen molar-refractivity contribution in [2.75, 3.05) is 6.61 Å². The number of aromatic nitrogens is 3. The summed E-state index contributed by atoms with van der Waals surface area (Å²) in [5.41, 5.74) is -0.697. The summed E-state index contributed by atoms with van der Waals surface area (Å²) in [5, 5.41) is 27.6. The van der Waals surface area contributed by atoms with Gasteiger partial charge < -0.3 is 10.2 Å². The van der Waals surface area contributed by atoms with Gasteiger partial charge >= 0.3 is 0 Å². The number of aliphatic hydroxyl groups excluding tert-OH is 1. The second-order valence-electron chi connectivity index (χ2n) is 3.58. The standard InChI is InChI=1S/C9H14O2.C2H3N3/c10-8-4-7-9(11)5-2-1-3-6-9;1-2-4-5-3-1/h1-3,5,10-11H,4,6-8H2;1-2H,(H,3,4,5). The molecule has 1 unspecified atom stereocenters. The Morgan fingerprint density at radius 3 is 2.44 bits per heavy atom. The molecule has 0 fully saturated rings. The minimum absolute atomic E-state index is 0.153. The van der Waals surface area contributed by atoms with Gasteiger partial charge in [0.1, 0.15) is 0 Å². The Kier molecular flexibility index (Phi) is 5.45. The van der Waals surface area contributed by atoms with Crippen LogP contribution in [0.3, 0.4) is 0 Å². The molecule has 2 rings (SSSR count). The van der Waals surface area contributed by atoms with Crippen molar-refractivity contribution in [3.8, 4) is 0 Å². The quantitative estimate of drug-likeness (QED) is 0.708. The monoisotopic (exact) mass is 223 g/mol. The van der Waals surface area contributed by atoms with Crippen molar-refractivity contribution in [3.63, 3.8) is 0 Å². The minimum Gasteiger partial charge on any atom is -0.396 e. The molecule has 0 bridgehead atoms. The van der Waals surface area contributed by atoms with Gasteiger partial charge in [0.2, 0.25) is 0 Å². The highest BCUT2D eigenvalue weighted by Crippen LogP contribution is 2.22. The normalized spacial score (nSPS) is 22.6. The molecule has 1 atom stereocenters. The van der Waals surface area contributed by atoms with Gasteiger partial charge in [0.05, 0.1) is 18.0 Å². The fraction of sp³-hybridized carbons (Fsp3) is 0.455. The van der Waals surface area contributed by atoms with Crippen LogP contribution < -0.4 is 0 Å². The summed E-state index contributed by atoms with van der Waals surface area (Å²) in [5.74, 6) is 0. The average molecular weight is 223 g/mol. The lowest BCUT2D eigenvalue weighted by atomic mass is 9.91. The predicted octanol–water partition coefficient (Wildman–Crippen LogP) is 0.811. The van der Waals surface area contributed by atoms with E-state index in [4.69, 9.17) is 5.11 Å². The van der Waals surface area contributed by atoms with Gasteiger partial charge in [-0.3, -0.25) is 0 Å². The predicted molar refractivity (Wildman–Crippen MR) is 60.5 cm³/mol. The third-order valence-electron chi connectivity index (χ3n) is 2.22. The molecule has 0 aliphatic heterocycles. The molecule has 1 aromatic rings. The zero-order chi connectivity index (χ0) is 11.7. The zero-order valence-corrected chi connectivity index (χ0v) is 9.08. The first kappa shape index (κ1) is 12.6. The van der Waals surface area contributed by atoms with Crippen molar-refractivity contribution in [2.45, 2.75) is 24.9 Å². The highest BCUT2D eigenvalue weighted by Gasteiger charge is 2.21. The van der Waals surface area contributed by atoms with Crippen molar-refractivity contribution in [2.24, 2.45) is 0 Å². The van der Waals surface area contributed by atoms with Crippen molar-refractivity contribution >= 4 is 0 Å². The molecule has 5 heteroatoms. The number of nitrogens with one attached hydrogen (secondary N) is 1. The number of allylic oxidation sites excluding steroid dienone is 2. The van der Waals surface area contributed by atoms with Crippen LogP contribution in [0.4, 0.5) is 0 Å². The molecule has 88 valence electrons. The highest BCUT2D eigenvalue weighted by molar-refractivity contribution is 5.17. The van der Waals surface area contributed by atoms with Gasteiger partial charge in [-0.1, -0.05) is 24.3 Å². The van der Waals surface area contributed by atoms with E-state index >= 15 is 0 Å². The van der Waals surface area contributed by atoms with Crippen LogP contribution in [0.25, 0.3) is 0 Å². The summed E-state index contributed by atoms with van der Waals surface area (Å²) in [6, 6.07) is 0. The fourth-order valence-corrected chi connectivity index (χ4v) is 1.39. The van der Waals surface area contributed by atoms with Gasteiger partial charge in [-0.25, -0.2) is 0 Å². The molecular weight excluding hydrogens is 206 g/mol. The molecule has 16 heavy (non-hydrogen) atoms. The van der Waals surface area contributed by atoms with Crippen molar-refractivity contribution in [1.29, 1.82) is 0 Å². The van der Waals surface area contributed by atoms with Crippen molar-refractivity contribution in [1.82, 2.24) is 15.4 Å². The summed E-state index contributed by atoms with van der Waals surface area (Å²) in [6.45, 7) is 0.153. The van der Waals surface area contributed by atoms with Crippen LogP contribution in [0.1, 0.15) is 19.3 Å². The maximum Gasteiger partial charge on any atom is 0.0865 e. The van der Waals surface area contributed by atoms with E-state index < -0.39 is 5.60 Å². The van der Waals surface area contributed by atoms with Gasteiger partial charge in [-0.2, -0.15) is 15.4 Å². The molecule has 0 aromatic carbocycles. The number of hydrogen-bond acceptors (Lipinski definition) is 4. The number of hydrogen-bond donors (Lipinski definition) is 3. The molecule has 0 radical (unpaired) electrons. The molecule has 1 aliphatic rings. The molecule has 1 heterocycles. The van der Waals surface area contributed by atoms with Crippen LogP contribution in [0.15, 0.2) is 36.7 Å². The Labute approximate surface area is 94.5 Å². The van der Waals surface area contributed by atoms with E-state index in [9.17, 15) is 5.11 Å². The van der Waals surface area contributed by atoms with Crippen LogP contribution in [-0.2, 0) is 0 Å². The fourth-order valence-electron chi connectivity index (χ4n) is 1.39. The van der Waals surface area contributed by atoms with E-state index in [1.54, 1.807) is 18.5 Å². The van der Waals surface area contributed by atoms with Crippen LogP contribution in [-0.4, -0.2) is 37.8 Å². The lowest BCUT2D eigenvalue weighted by Gasteiger charge is -2.24. The van der Waals surface area contributed by atoms with Gasteiger partial charge in [0.25, 0.3) is 0 Å². The minimum atomic E-state index is -0.697. The SMILES string of the molecule is OCCCC1(O)C=CC=CC1.c1cn[nH]n1. The highest BCUT2D eigenvalue weighted by atomic mass is 16.3. The maximum absolute atomic E-state index is 9.75. The Morgan fingerprint density at radius 2 is 2.00 bits per heavy atom. The first-order valence-corrected chi connectivity index (χ1v) is 5.24. The van der Waals surface area contributed by atoms with Gasteiger partial charge in [-0.15, -0.1) is 0 Å². The number of H-pyrrole nitrogens is 1. The largest absolute Gasteiger partial charge is 0.396 e. The van der Waals surface area contributed by atoms with E-state index in [1.165, 1.54) is 0 Å². The topological polar surface area (TPSA) is 82.0 Å². The maximum atomic E-state index is 9.75. The van der Waals surface area contributed by atoms with Gasteiger partial charge in [0.15, 0.2) is 0 Å². The Balaban J connectivity index is 0.000000212. The first-order valence-electron chi connectivity index (χ1n) is 5.24. The average Bonchev–Trinajstić information content (AvgIpc) is 2.86. The van der Waals surface area contributed by atoms with E-state index in [-0.39, 0.29) is 6.61 Å². The van der Waals surface area contributed by atoms with Crippen molar-refractivity contribution < 1.29 is 10.2 Å². The molecule has 0 saturated carbocycles. The number of rotatable bonds is 3. The van der Waals surface area contributed by atoms with Crippen LogP contribution >= 0.6 is 0 Å². The van der Waals surface area contributed by atoms with Crippen LogP contribution in [0.2, 0.25) is 0 Å². The summed E-state index contributed by atoms with van der Waals surface area (Å²) in [6.07, 6.45) is 12.6. The summed E-state index contributed by atoms with van der Waals surface area (Å²) < 4.78 is 0. The molecule has 0 spiro atoms. The Hall–Kier alpha value is -1.46.